The molecule has 1 fully saturated rings. The van der Waals surface area contributed by atoms with E-state index in [1.54, 1.807) is 6.07 Å². The molecule has 0 bridgehead atoms. The van der Waals surface area contributed by atoms with Gasteiger partial charge in [-0.25, -0.2) is 9.78 Å². The molecule has 1 aliphatic carbocycles. The maximum absolute atomic E-state index is 12.2. The fraction of sp³-hybridized carbons (Fsp3) is 0.538. The topological polar surface area (TPSA) is 67.3 Å². The molecular formula is C13H17NO3S. The van der Waals surface area contributed by atoms with Gasteiger partial charge < -0.3 is 5.11 Å². The number of carboxylic acids is 1. The summed E-state index contributed by atoms with van der Waals surface area (Å²) in [5.74, 6) is 0.176. The Bertz CT molecular complexity index is 495. The molecule has 0 aliphatic heterocycles. The van der Waals surface area contributed by atoms with E-state index in [2.05, 4.69) is 4.98 Å². The van der Waals surface area contributed by atoms with E-state index in [-0.39, 0.29) is 5.69 Å². The average molecular weight is 267 g/mol. The lowest BCUT2D eigenvalue weighted by Crippen LogP contribution is -2.11. The molecule has 1 heterocycles. The van der Waals surface area contributed by atoms with E-state index in [1.807, 2.05) is 13.8 Å². The van der Waals surface area contributed by atoms with E-state index in [0.29, 0.717) is 22.6 Å². The van der Waals surface area contributed by atoms with Crippen LogP contribution in [0.2, 0.25) is 0 Å². The lowest BCUT2D eigenvalue weighted by Gasteiger charge is -2.10. The first-order chi connectivity index (χ1) is 8.49. The summed E-state index contributed by atoms with van der Waals surface area (Å²) in [6, 6.07) is 3.29. The van der Waals surface area contributed by atoms with Gasteiger partial charge in [-0.3, -0.25) is 4.21 Å². The zero-order valence-electron chi connectivity index (χ0n) is 10.5. The van der Waals surface area contributed by atoms with E-state index in [4.69, 9.17) is 5.11 Å². The molecule has 1 aliphatic rings. The lowest BCUT2D eigenvalue weighted by molar-refractivity contribution is 0.0689. The Kier molecular flexibility index (Phi) is 3.80. The Morgan fingerprint density at radius 3 is 2.67 bits per heavy atom. The van der Waals surface area contributed by atoms with Crippen LogP contribution in [0.15, 0.2) is 17.2 Å². The molecule has 4 nitrogen and oxygen atoms in total. The lowest BCUT2D eigenvalue weighted by atomic mass is 10.2. The van der Waals surface area contributed by atoms with Crippen molar-refractivity contribution in [2.24, 2.45) is 5.92 Å². The van der Waals surface area contributed by atoms with Crippen LogP contribution in [0.5, 0.6) is 0 Å². The summed E-state index contributed by atoms with van der Waals surface area (Å²) in [7, 11) is -1.21. The number of rotatable bonds is 5. The molecule has 1 aromatic heterocycles. The van der Waals surface area contributed by atoms with Gasteiger partial charge in [0.05, 0.1) is 10.8 Å². The molecule has 0 aromatic carbocycles. The molecule has 0 amide bonds. The molecule has 0 saturated heterocycles. The highest BCUT2D eigenvalue weighted by atomic mass is 32.2. The number of nitrogens with zero attached hydrogens (tertiary/aromatic N) is 1. The van der Waals surface area contributed by atoms with Crippen LogP contribution in [-0.4, -0.2) is 26.0 Å². The van der Waals surface area contributed by atoms with Crippen molar-refractivity contribution in [3.05, 3.63) is 23.4 Å². The Morgan fingerprint density at radius 1 is 1.50 bits per heavy atom. The fourth-order valence-corrected chi connectivity index (χ4v) is 3.30. The Labute approximate surface area is 109 Å². The van der Waals surface area contributed by atoms with Crippen molar-refractivity contribution in [3.8, 4) is 0 Å². The van der Waals surface area contributed by atoms with Crippen LogP contribution in [-0.2, 0) is 10.8 Å². The molecule has 2 rings (SSSR count). The highest BCUT2D eigenvalue weighted by molar-refractivity contribution is 7.85. The van der Waals surface area contributed by atoms with Crippen LogP contribution in [0.1, 0.15) is 48.7 Å². The van der Waals surface area contributed by atoms with Gasteiger partial charge in [-0.2, -0.15) is 0 Å². The first kappa shape index (κ1) is 13.2. The van der Waals surface area contributed by atoms with E-state index >= 15 is 0 Å². The molecule has 1 N–H and O–H groups in total. The first-order valence-electron chi connectivity index (χ1n) is 6.11. The molecule has 1 atom stereocenters. The number of aromatic nitrogens is 1. The quantitative estimate of drug-likeness (QED) is 0.889. The minimum Gasteiger partial charge on any atom is -0.477 e. The van der Waals surface area contributed by atoms with Crippen LogP contribution in [0.4, 0.5) is 0 Å². The minimum absolute atomic E-state index is 0.0218. The van der Waals surface area contributed by atoms with Gasteiger partial charge in [0.15, 0.2) is 0 Å². The Balaban J connectivity index is 2.37. The van der Waals surface area contributed by atoms with Crippen molar-refractivity contribution in [1.29, 1.82) is 0 Å². The molecular weight excluding hydrogens is 250 g/mol. The van der Waals surface area contributed by atoms with Crippen molar-refractivity contribution >= 4 is 16.8 Å². The average Bonchev–Trinajstić information content (AvgIpc) is 3.11. The molecule has 0 spiro atoms. The molecule has 1 aromatic rings. The third-order valence-electron chi connectivity index (χ3n) is 2.83. The van der Waals surface area contributed by atoms with Gasteiger partial charge in [-0.05, 0) is 36.3 Å². The predicted octanol–water partition coefficient (Wildman–Crippen LogP) is 2.42. The summed E-state index contributed by atoms with van der Waals surface area (Å²) in [4.78, 5) is 15.0. The normalized spacial score (nSPS) is 16.8. The zero-order valence-corrected chi connectivity index (χ0v) is 11.4. The number of pyridine rings is 1. The zero-order chi connectivity index (χ0) is 13.3. The Hall–Kier alpha value is -1.23. The second kappa shape index (κ2) is 5.18. The number of hydrogen-bond donors (Lipinski definition) is 1. The maximum Gasteiger partial charge on any atom is 0.354 e. The van der Waals surface area contributed by atoms with Crippen molar-refractivity contribution < 1.29 is 14.1 Å². The SMILES string of the molecule is CC(C)CS(=O)c1nc(C(=O)O)ccc1C1CC1. The molecule has 5 heteroatoms. The van der Waals surface area contributed by atoms with Crippen molar-refractivity contribution in [2.45, 2.75) is 37.6 Å². The van der Waals surface area contributed by atoms with Crippen LogP contribution in [0.3, 0.4) is 0 Å². The second-order valence-corrected chi connectivity index (χ2v) is 6.49. The standard InChI is InChI=1S/C13H17NO3S/c1-8(2)7-18(17)12-10(9-3-4-9)5-6-11(14-12)13(15)16/h5-6,8-9H,3-4,7H2,1-2H3,(H,15,16). The monoisotopic (exact) mass is 267 g/mol. The second-order valence-electron chi connectivity index (χ2n) is 5.08. The largest absolute Gasteiger partial charge is 0.477 e. The fourth-order valence-electron chi connectivity index (χ4n) is 1.84. The van der Waals surface area contributed by atoms with Crippen molar-refractivity contribution in [2.75, 3.05) is 5.75 Å². The van der Waals surface area contributed by atoms with Gasteiger partial charge in [0.25, 0.3) is 0 Å². The van der Waals surface area contributed by atoms with E-state index < -0.39 is 16.8 Å². The number of carbonyl (C=O) groups is 1. The first-order valence-corrected chi connectivity index (χ1v) is 7.43. The summed E-state index contributed by atoms with van der Waals surface area (Å²) < 4.78 is 12.2. The molecule has 18 heavy (non-hydrogen) atoms. The van der Waals surface area contributed by atoms with Gasteiger partial charge >= 0.3 is 5.97 Å². The Morgan fingerprint density at radius 2 is 2.17 bits per heavy atom. The molecule has 1 unspecified atom stereocenters. The van der Waals surface area contributed by atoms with Gasteiger partial charge in [0.1, 0.15) is 10.7 Å². The summed E-state index contributed by atoms with van der Waals surface area (Å²) >= 11 is 0. The van der Waals surface area contributed by atoms with E-state index in [1.165, 1.54) is 6.07 Å². The van der Waals surface area contributed by atoms with Gasteiger partial charge in [-0.15, -0.1) is 0 Å². The number of aromatic carboxylic acids is 1. The summed E-state index contributed by atoms with van der Waals surface area (Å²) in [5.41, 5.74) is 0.950. The van der Waals surface area contributed by atoms with Crippen LogP contribution in [0.25, 0.3) is 0 Å². The molecule has 1 saturated carbocycles. The third kappa shape index (κ3) is 2.96. The van der Waals surface area contributed by atoms with E-state index in [9.17, 15) is 9.00 Å². The van der Waals surface area contributed by atoms with Crippen LogP contribution >= 0.6 is 0 Å². The smallest absolute Gasteiger partial charge is 0.354 e. The predicted molar refractivity (Wildman–Crippen MR) is 69.3 cm³/mol. The van der Waals surface area contributed by atoms with Crippen molar-refractivity contribution in [3.63, 3.8) is 0 Å². The third-order valence-corrected chi connectivity index (χ3v) is 4.55. The van der Waals surface area contributed by atoms with Crippen molar-refractivity contribution in [1.82, 2.24) is 4.98 Å². The molecule has 0 radical (unpaired) electrons. The highest BCUT2D eigenvalue weighted by Crippen LogP contribution is 2.42. The van der Waals surface area contributed by atoms with Crippen LogP contribution in [0, 0.1) is 5.92 Å². The van der Waals surface area contributed by atoms with Gasteiger partial charge in [0.2, 0.25) is 0 Å². The van der Waals surface area contributed by atoms with Crippen LogP contribution < -0.4 is 0 Å². The number of carboxylic acid groups (broad SMARTS) is 1. The molecule has 98 valence electrons. The van der Waals surface area contributed by atoms with E-state index in [0.717, 1.165) is 18.4 Å². The van der Waals surface area contributed by atoms with Gasteiger partial charge in [-0.1, -0.05) is 19.9 Å². The number of hydrogen-bond acceptors (Lipinski definition) is 3. The summed E-state index contributed by atoms with van der Waals surface area (Å²) in [6.07, 6.45) is 2.17. The summed E-state index contributed by atoms with van der Waals surface area (Å²) in [5, 5.41) is 9.43. The summed E-state index contributed by atoms with van der Waals surface area (Å²) in [6.45, 7) is 3.99. The highest BCUT2D eigenvalue weighted by Gasteiger charge is 2.29. The maximum atomic E-state index is 12.2. The minimum atomic E-state index is -1.21. The van der Waals surface area contributed by atoms with Gasteiger partial charge in [0, 0.05) is 5.75 Å².